The zero-order chi connectivity index (χ0) is 16.6. The number of carbonyl (C=O) groups excluding carboxylic acids is 2. The van der Waals surface area contributed by atoms with E-state index in [-0.39, 0.29) is 12.5 Å². The highest BCUT2D eigenvalue weighted by Crippen LogP contribution is 2.14. The molecule has 0 saturated carbocycles. The Labute approximate surface area is 130 Å². The first kappa shape index (κ1) is 17.5. The predicted molar refractivity (Wildman–Crippen MR) is 79.9 cm³/mol. The summed E-state index contributed by atoms with van der Waals surface area (Å²) < 4.78 is 10.0. The van der Waals surface area contributed by atoms with E-state index in [0.717, 1.165) is 0 Å². The molecule has 1 aromatic carbocycles. The number of amides is 1. The Morgan fingerprint density at radius 1 is 1.27 bits per heavy atom. The number of ether oxygens (including phenoxy) is 2. The third kappa shape index (κ3) is 5.44. The van der Waals surface area contributed by atoms with Gasteiger partial charge in [-0.05, 0) is 25.0 Å². The van der Waals surface area contributed by atoms with Crippen LogP contribution in [0.25, 0.3) is 0 Å². The Balaban J connectivity index is 2.35. The lowest BCUT2D eigenvalue weighted by molar-refractivity contribution is -0.150. The van der Waals surface area contributed by atoms with Gasteiger partial charge in [-0.25, -0.2) is 4.79 Å². The van der Waals surface area contributed by atoms with Crippen LogP contribution < -0.4 is 10.1 Å². The van der Waals surface area contributed by atoms with Crippen molar-refractivity contribution in [3.8, 4) is 11.8 Å². The molecule has 118 valence electrons. The van der Waals surface area contributed by atoms with Crippen molar-refractivity contribution < 1.29 is 19.1 Å². The Bertz CT molecular complexity index is 551. The van der Waals surface area contributed by atoms with Gasteiger partial charge in [-0.2, -0.15) is 5.26 Å². The van der Waals surface area contributed by atoms with Crippen molar-refractivity contribution in [2.45, 2.75) is 26.3 Å². The number of rotatable bonds is 7. The van der Waals surface area contributed by atoms with Crippen molar-refractivity contribution in [1.29, 1.82) is 5.26 Å². The van der Waals surface area contributed by atoms with Crippen LogP contribution in [0.4, 0.5) is 0 Å². The molecule has 0 spiro atoms. The van der Waals surface area contributed by atoms with Gasteiger partial charge in [0.15, 0.2) is 13.2 Å². The van der Waals surface area contributed by atoms with Crippen LogP contribution in [0.2, 0.25) is 0 Å². The van der Waals surface area contributed by atoms with E-state index in [1.54, 1.807) is 31.2 Å². The van der Waals surface area contributed by atoms with E-state index in [9.17, 15) is 9.59 Å². The number of hydrogen-bond acceptors (Lipinski definition) is 5. The maximum atomic E-state index is 11.7. The second kappa shape index (κ2) is 8.03. The van der Waals surface area contributed by atoms with Gasteiger partial charge in [-0.15, -0.1) is 0 Å². The lowest BCUT2D eigenvalue weighted by atomic mass is 9.90. The molecule has 6 nitrogen and oxygen atoms in total. The number of nitrogens with zero attached hydrogens (tertiary/aromatic N) is 1. The van der Waals surface area contributed by atoms with E-state index in [1.165, 1.54) is 0 Å². The normalized spacial score (nSPS) is 12.9. The topological polar surface area (TPSA) is 88.4 Å². The Morgan fingerprint density at radius 3 is 2.45 bits per heavy atom. The lowest BCUT2D eigenvalue weighted by Gasteiger charge is -2.27. The molecule has 1 rings (SSSR count). The summed E-state index contributed by atoms with van der Waals surface area (Å²) in [7, 11) is 0. The summed E-state index contributed by atoms with van der Waals surface area (Å²) in [5, 5.41) is 11.7. The molecule has 0 fully saturated rings. The molecule has 0 heterocycles. The first-order chi connectivity index (χ1) is 10.4. The standard InChI is InChI=1S/C16H20N2O4/c1-12(2)16(3,11-17)18-14(19)9-22-15(20)10-21-13-7-5-4-6-8-13/h4-8,12H,9-10H2,1-3H3,(H,18,19)/t16-/m0/s1. The van der Waals surface area contributed by atoms with Crippen molar-refractivity contribution in [3.05, 3.63) is 30.3 Å². The van der Waals surface area contributed by atoms with E-state index < -0.39 is 24.0 Å². The number of nitriles is 1. The van der Waals surface area contributed by atoms with Gasteiger partial charge in [0.1, 0.15) is 11.3 Å². The van der Waals surface area contributed by atoms with Crippen molar-refractivity contribution in [1.82, 2.24) is 5.32 Å². The fourth-order valence-electron chi connectivity index (χ4n) is 1.47. The summed E-state index contributed by atoms with van der Waals surface area (Å²) in [6, 6.07) is 10.9. The summed E-state index contributed by atoms with van der Waals surface area (Å²) in [5.41, 5.74) is -0.996. The van der Waals surface area contributed by atoms with Gasteiger partial charge in [0.2, 0.25) is 0 Å². The Kier molecular flexibility index (Phi) is 6.39. The molecule has 0 radical (unpaired) electrons. The van der Waals surface area contributed by atoms with Crippen LogP contribution in [-0.2, 0) is 14.3 Å². The molecule has 0 aliphatic heterocycles. The summed E-state index contributed by atoms with van der Waals surface area (Å²) in [6.07, 6.45) is 0. The van der Waals surface area contributed by atoms with Crippen LogP contribution in [0.3, 0.4) is 0 Å². The van der Waals surface area contributed by atoms with Crippen LogP contribution in [0.1, 0.15) is 20.8 Å². The summed E-state index contributed by atoms with van der Waals surface area (Å²) in [6.45, 7) is 4.54. The van der Waals surface area contributed by atoms with Gasteiger partial charge in [0, 0.05) is 0 Å². The zero-order valence-corrected chi connectivity index (χ0v) is 13.0. The Hall–Kier alpha value is -2.55. The van der Waals surface area contributed by atoms with Gasteiger partial charge < -0.3 is 14.8 Å². The van der Waals surface area contributed by atoms with Gasteiger partial charge in [0.05, 0.1) is 6.07 Å². The van der Waals surface area contributed by atoms with Crippen LogP contribution >= 0.6 is 0 Å². The monoisotopic (exact) mass is 304 g/mol. The number of para-hydroxylation sites is 1. The van der Waals surface area contributed by atoms with Crippen molar-refractivity contribution in [3.63, 3.8) is 0 Å². The number of carbonyl (C=O) groups is 2. The SMILES string of the molecule is CC(C)[C@](C)(C#N)NC(=O)COC(=O)COc1ccccc1. The molecular weight excluding hydrogens is 284 g/mol. The van der Waals surface area contributed by atoms with Crippen molar-refractivity contribution in [2.75, 3.05) is 13.2 Å². The van der Waals surface area contributed by atoms with Gasteiger partial charge in [-0.3, -0.25) is 4.79 Å². The van der Waals surface area contributed by atoms with Crippen molar-refractivity contribution in [2.24, 2.45) is 5.92 Å². The highest BCUT2D eigenvalue weighted by Gasteiger charge is 2.30. The summed E-state index contributed by atoms with van der Waals surface area (Å²) in [4.78, 5) is 23.2. The number of hydrogen-bond donors (Lipinski definition) is 1. The third-order valence-corrected chi connectivity index (χ3v) is 3.25. The fraction of sp³-hybridized carbons (Fsp3) is 0.438. The van der Waals surface area contributed by atoms with Crippen LogP contribution in [0.5, 0.6) is 5.75 Å². The maximum absolute atomic E-state index is 11.7. The van der Waals surface area contributed by atoms with Crippen LogP contribution in [0.15, 0.2) is 30.3 Å². The first-order valence-corrected chi connectivity index (χ1v) is 6.93. The largest absolute Gasteiger partial charge is 0.482 e. The highest BCUT2D eigenvalue weighted by molar-refractivity contribution is 5.81. The minimum absolute atomic E-state index is 0.0708. The molecule has 6 heteroatoms. The second-order valence-electron chi connectivity index (χ2n) is 5.28. The average Bonchev–Trinajstić information content (AvgIpc) is 2.51. The minimum atomic E-state index is -0.996. The Morgan fingerprint density at radius 2 is 1.91 bits per heavy atom. The quantitative estimate of drug-likeness (QED) is 0.774. The highest BCUT2D eigenvalue weighted by atomic mass is 16.6. The molecule has 0 bridgehead atoms. The first-order valence-electron chi connectivity index (χ1n) is 6.93. The number of nitrogens with one attached hydrogen (secondary N) is 1. The molecule has 0 aliphatic carbocycles. The predicted octanol–water partition coefficient (Wildman–Crippen LogP) is 1.66. The van der Waals surface area contributed by atoms with Gasteiger partial charge in [-0.1, -0.05) is 32.0 Å². The number of esters is 1. The molecule has 0 aromatic heterocycles. The second-order valence-corrected chi connectivity index (χ2v) is 5.28. The summed E-state index contributed by atoms with van der Waals surface area (Å²) in [5.74, 6) is -0.702. The molecule has 0 aliphatic rings. The molecule has 22 heavy (non-hydrogen) atoms. The smallest absolute Gasteiger partial charge is 0.344 e. The summed E-state index contributed by atoms with van der Waals surface area (Å²) >= 11 is 0. The molecule has 1 atom stereocenters. The van der Waals surface area contributed by atoms with Crippen LogP contribution in [0, 0.1) is 17.2 Å². The molecule has 1 N–H and O–H groups in total. The lowest BCUT2D eigenvalue weighted by Crippen LogP contribution is -2.50. The zero-order valence-electron chi connectivity index (χ0n) is 13.0. The molecule has 1 aromatic rings. The van der Waals surface area contributed by atoms with E-state index in [4.69, 9.17) is 14.7 Å². The number of benzene rings is 1. The fourth-order valence-corrected chi connectivity index (χ4v) is 1.47. The van der Waals surface area contributed by atoms with Crippen LogP contribution in [-0.4, -0.2) is 30.6 Å². The van der Waals surface area contributed by atoms with Gasteiger partial charge >= 0.3 is 5.97 Å². The van der Waals surface area contributed by atoms with E-state index in [0.29, 0.717) is 5.75 Å². The molecule has 0 unspecified atom stereocenters. The molecule has 0 saturated heterocycles. The van der Waals surface area contributed by atoms with Gasteiger partial charge in [0.25, 0.3) is 5.91 Å². The van der Waals surface area contributed by atoms with E-state index in [2.05, 4.69) is 5.32 Å². The van der Waals surface area contributed by atoms with E-state index in [1.807, 2.05) is 26.0 Å². The maximum Gasteiger partial charge on any atom is 0.344 e. The van der Waals surface area contributed by atoms with E-state index >= 15 is 0 Å². The molecule has 1 amide bonds. The third-order valence-electron chi connectivity index (χ3n) is 3.25. The average molecular weight is 304 g/mol. The van der Waals surface area contributed by atoms with Crippen molar-refractivity contribution >= 4 is 11.9 Å². The molecular formula is C16H20N2O4. The minimum Gasteiger partial charge on any atom is -0.482 e.